The number of fused-ring (bicyclic) bond motifs is 1. The summed E-state index contributed by atoms with van der Waals surface area (Å²) < 4.78 is 1.78. The molecule has 6 heteroatoms. The second kappa shape index (κ2) is 7.05. The van der Waals surface area contributed by atoms with Crippen LogP contribution in [0.2, 0.25) is 0 Å². The summed E-state index contributed by atoms with van der Waals surface area (Å²) in [4.78, 5) is 14.6. The number of nitrogens with zero attached hydrogens (tertiary/aromatic N) is 4. The quantitative estimate of drug-likeness (QED) is 0.767. The van der Waals surface area contributed by atoms with Crippen molar-refractivity contribution in [1.82, 2.24) is 9.61 Å². The molecule has 0 saturated carbocycles. The molecule has 1 aromatic carbocycles. The second-order valence-electron chi connectivity index (χ2n) is 6.77. The van der Waals surface area contributed by atoms with Crippen LogP contribution >= 0.6 is 0 Å². The highest BCUT2D eigenvalue weighted by Crippen LogP contribution is 2.29. The van der Waals surface area contributed by atoms with Crippen LogP contribution in [-0.2, 0) is 0 Å². The Morgan fingerprint density at radius 1 is 1.32 bits per heavy atom. The molecule has 138 valence electrons. The molecule has 4 rings (SSSR count). The molecule has 6 nitrogen and oxygen atoms in total. The topological polar surface area (TPSA) is 87.4 Å². The number of pyridine rings is 1. The van der Waals surface area contributed by atoms with Crippen molar-refractivity contribution in [1.29, 1.82) is 5.26 Å². The number of benzene rings is 1. The molecule has 0 radical (unpaired) electrons. The monoisotopic (exact) mass is 369 g/mol. The number of anilines is 1. The van der Waals surface area contributed by atoms with E-state index in [9.17, 15) is 4.79 Å². The van der Waals surface area contributed by atoms with Gasteiger partial charge in [0.2, 0.25) is 0 Å². The minimum atomic E-state index is -0.123. The second-order valence-corrected chi connectivity index (χ2v) is 6.77. The number of hydrogen-bond acceptors (Lipinski definition) is 4. The van der Waals surface area contributed by atoms with Gasteiger partial charge in [-0.2, -0.15) is 10.4 Å². The van der Waals surface area contributed by atoms with E-state index in [-0.39, 0.29) is 11.8 Å². The van der Waals surface area contributed by atoms with Gasteiger partial charge in [0, 0.05) is 41.7 Å². The number of rotatable bonds is 3. The van der Waals surface area contributed by atoms with Crippen molar-refractivity contribution in [2.24, 2.45) is 5.73 Å². The van der Waals surface area contributed by atoms with Gasteiger partial charge in [-0.05, 0) is 48.9 Å². The predicted octanol–water partition coefficient (Wildman–Crippen LogP) is 3.37. The molecular weight excluding hydrogens is 350 g/mol. The Morgan fingerprint density at radius 3 is 2.79 bits per heavy atom. The summed E-state index contributed by atoms with van der Waals surface area (Å²) in [7, 11) is 1.72. The number of nitriles is 1. The van der Waals surface area contributed by atoms with Crippen LogP contribution in [0.1, 0.15) is 33.8 Å². The summed E-state index contributed by atoms with van der Waals surface area (Å²) in [6.45, 7) is 0. The van der Waals surface area contributed by atoms with Gasteiger partial charge in [-0.3, -0.25) is 4.79 Å². The Morgan fingerprint density at radius 2 is 2.11 bits per heavy atom. The van der Waals surface area contributed by atoms with E-state index in [4.69, 9.17) is 11.0 Å². The Hall–Kier alpha value is -3.85. The molecule has 2 N–H and O–H groups in total. The van der Waals surface area contributed by atoms with E-state index in [2.05, 4.69) is 17.2 Å². The zero-order chi connectivity index (χ0) is 19.7. The highest BCUT2D eigenvalue weighted by Gasteiger charge is 2.19. The van der Waals surface area contributed by atoms with Crippen molar-refractivity contribution in [2.75, 3.05) is 11.9 Å². The van der Waals surface area contributed by atoms with Crippen LogP contribution in [0.5, 0.6) is 0 Å². The van der Waals surface area contributed by atoms with Gasteiger partial charge in [0.25, 0.3) is 5.91 Å². The molecule has 2 heterocycles. The van der Waals surface area contributed by atoms with E-state index in [1.165, 1.54) is 0 Å². The third-order valence-corrected chi connectivity index (χ3v) is 5.01. The summed E-state index contributed by atoms with van der Waals surface area (Å²) in [6, 6.07) is 12.7. The van der Waals surface area contributed by atoms with Crippen LogP contribution in [0.15, 0.2) is 72.7 Å². The van der Waals surface area contributed by atoms with Crippen molar-refractivity contribution in [2.45, 2.75) is 12.3 Å². The minimum Gasteiger partial charge on any atom is -0.399 e. The number of nitrogens with two attached hydrogens (primary N) is 1. The molecule has 3 aromatic rings. The van der Waals surface area contributed by atoms with Crippen molar-refractivity contribution in [3.8, 4) is 6.07 Å². The first-order valence-electron chi connectivity index (χ1n) is 8.96. The SMILES string of the molecule is CN(C(=O)c1ccn2ncc(C3C=CC(N)=CC3)c2c1)c1ccc(C#N)cc1. The summed E-state index contributed by atoms with van der Waals surface area (Å²) in [5, 5.41) is 13.3. The zero-order valence-corrected chi connectivity index (χ0v) is 15.4. The molecule has 0 spiro atoms. The Kier molecular flexibility index (Phi) is 4.42. The standard InChI is InChI=1S/C22H19N5O/c1-26(19-8-2-15(13-23)3-9-19)22(28)17-10-11-27-21(12-17)20(14-25-27)16-4-6-18(24)7-5-16/h2-4,6-12,14,16H,5,24H2,1H3. The van der Waals surface area contributed by atoms with E-state index in [0.29, 0.717) is 11.1 Å². The molecule has 1 aliphatic rings. The first-order chi connectivity index (χ1) is 13.6. The van der Waals surface area contributed by atoms with Gasteiger partial charge in [0.1, 0.15) is 0 Å². The molecule has 1 atom stereocenters. The normalized spacial score (nSPS) is 15.9. The fourth-order valence-corrected chi connectivity index (χ4v) is 3.36. The highest BCUT2D eigenvalue weighted by atomic mass is 16.2. The van der Waals surface area contributed by atoms with Gasteiger partial charge in [-0.15, -0.1) is 0 Å². The maximum absolute atomic E-state index is 13.0. The fraction of sp³-hybridized carbons (Fsp3) is 0.136. The number of carbonyl (C=O) groups is 1. The third-order valence-electron chi connectivity index (χ3n) is 5.01. The molecule has 0 bridgehead atoms. The average Bonchev–Trinajstić information content (AvgIpc) is 3.16. The van der Waals surface area contributed by atoms with Crippen LogP contribution in [0, 0.1) is 11.3 Å². The Labute approximate surface area is 162 Å². The summed E-state index contributed by atoms with van der Waals surface area (Å²) in [5.74, 6) is 0.0640. The smallest absolute Gasteiger partial charge is 0.258 e. The van der Waals surface area contributed by atoms with Gasteiger partial charge >= 0.3 is 0 Å². The molecule has 28 heavy (non-hydrogen) atoms. The molecule has 1 amide bonds. The lowest BCUT2D eigenvalue weighted by Gasteiger charge is -2.18. The van der Waals surface area contributed by atoms with E-state index >= 15 is 0 Å². The maximum atomic E-state index is 13.0. The number of amides is 1. The number of allylic oxidation sites excluding steroid dienone is 3. The highest BCUT2D eigenvalue weighted by molar-refractivity contribution is 6.06. The zero-order valence-electron chi connectivity index (χ0n) is 15.4. The lowest BCUT2D eigenvalue weighted by Crippen LogP contribution is -2.26. The van der Waals surface area contributed by atoms with Crippen LogP contribution in [0.4, 0.5) is 5.69 Å². The lowest BCUT2D eigenvalue weighted by molar-refractivity contribution is 0.0993. The molecule has 0 fully saturated rings. The van der Waals surface area contributed by atoms with E-state index in [1.807, 2.05) is 24.4 Å². The van der Waals surface area contributed by atoms with Gasteiger partial charge in [0.05, 0.1) is 23.3 Å². The minimum absolute atomic E-state index is 0.123. The average molecular weight is 369 g/mol. The third kappa shape index (κ3) is 3.14. The van der Waals surface area contributed by atoms with Gasteiger partial charge in [-0.25, -0.2) is 4.52 Å². The molecule has 2 aromatic heterocycles. The van der Waals surface area contributed by atoms with Crippen LogP contribution < -0.4 is 10.6 Å². The Bertz CT molecular complexity index is 1150. The van der Waals surface area contributed by atoms with Crippen molar-refractivity contribution in [3.63, 3.8) is 0 Å². The number of hydrogen-bond donors (Lipinski definition) is 1. The first kappa shape index (κ1) is 17.6. The lowest BCUT2D eigenvalue weighted by atomic mass is 9.92. The van der Waals surface area contributed by atoms with E-state index in [0.717, 1.165) is 28.9 Å². The molecule has 0 saturated heterocycles. The van der Waals surface area contributed by atoms with Crippen molar-refractivity contribution < 1.29 is 4.79 Å². The van der Waals surface area contributed by atoms with Crippen LogP contribution in [0.25, 0.3) is 5.52 Å². The van der Waals surface area contributed by atoms with Gasteiger partial charge < -0.3 is 10.6 Å². The number of aromatic nitrogens is 2. The Balaban J connectivity index is 1.65. The van der Waals surface area contributed by atoms with Crippen LogP contribution in [-0.4, -0.2) is 22.6 Å². The van der Waals surface area contributed by atoms with Gasteiger partial charge in [0.15, 0.2) is 0 Å². The maximum Gasteiger partial charge on any atom is 0.258 e. The first-order valence-corrected chi connectivity index (χ1v) is 8.96. The fourth-order valence-electron chi connectivity index (χ4n) is 3.36. The van der Waals surface area contributed by atoms with Gasteiger partial charge in [-0.1, -0.05) is 12.2 Å². The summed E-state index contributed by atoms with van der Waals surface area (Å²) in [6.07, 6.45) is 10.4. The van der Waals surface area contributed by atoms with E-state index < -0.39 is 0 Å². The molecule has 0 aliphatic heterocycles. The molecule has 1 aliphatic carbocycles. The largest absolute Gasteiger partial charge is 0.399 e. The molecular formula is C22H19N5O. The summed E-state index contributed by atoms with van der Waals surface area (Å²) >= 11 is 0. The van der Waals surface area contributed by atoms with Crippen molar-refractivity contribution in [3.05, 3.63) is 89.4 Å². The van der Waals surface area contributed by atoms with Crippen molar-refractivity contribution >= 4 is 17.1 Å². The van der Waals surface area contributed by atoms with Crippen LogP contribution in [0.3, 0.4) is 0 Å². The number of carbonyl (C=O) groups excluding carboxylic acids is 1. The predicted molar refractivity (Wildman–Crippen MR) is 108 cm³/mol. The summed E-state index contributed by atoms with van der Waals surface area (Å²) in [5.41, 5.74) is 10.4. The molecule has 1 unspecified atom stereocenters. The van der Waals surface area contributed by atoms with E-state index in [1.54, 1.807) is 53.0 Å².